The number of hydrogen-bond acceptors (Lipinski definition) is 4. The van der Waals surface area contributed by atoms with E-state index in [9.17, 15) is 14.4 Å². The lowest BCUT2D eigenvalue weighted by Gasteiger charge is -2.19. The Balaban J connectivity index is 4.53. The van der Waals surface area contributed by atoms with Crippen LogP contribution in [-0.4, -0.2) is 30.1 Å². The number of amides is 1. The average molecular weight is 256 g/mol. The maximum atomic E-state index is 11.9. The van der Waals surface area contributed by atoms with Gasteiger partial charge in [-0.25, -0.2) is 0 Å². The van der Waals surface area contributed by atoms with Crippen molar-refractivity contribution in [1.82, 2.24) is 5.32 Å². The monoisotopic (exact) mass is 256 g/mol. The largest absolute Gasteiger partial charge is 0.345 e. The molecule has 0 aliphatic heterocycles. The molecule has 0 radical (unpaired) electrons. The van der Waals surface area contributed by atoms with Crippen LogP contribution < -0.4 is 11.1 Å². The Kier molecular flexibility index (Phi) is 7.43. The molecule has 0 aromatic rings. The van der Waals surface area contributed by atoms with Crippen molar-refractivity contribution in [3.63, 3.8) is 0 Å². The van der Waals surface area contributed by atoms with E-state index in [-0.39, 0.29) is 35.9 Å². The average Bonchev–Trinajstić information content (AvgIpc) is 2.32. The van der Waals surface area contributed by atoms with Crippen molar-refractivity contribution in [1.29, 1.82) is 0 Å². The lowest BCUT2D eigenvalue weighted by Crippen LogP contribution is -2.45. The molecule has 0 fully saturated rings. The first-order chi connectivity index (χ1) is 8.29. The van der Waals surface area contributed by atoms with Crippen molar-refractivity contribution in [2.24, 2.45) is 17.6 Å². The molecule has 104 valence electrons. The number of nitrogens with two attached hydrogens (primary N) is 1. The molecule has 3 N–H and O–H groups in total. The van der Waals surface area contributed by atoms with E-state index in [1.165, 1.54) is 0 Å². The van der Waals surface area contributed by atoms with E-state index in [1.54, 1.807) is 13.8 Å². The van der Waals surface area contributed by atoms with Crippen molar-refractivity contribution in [2.75, 3.05) is 6.54 Å². The summed E-state index contributed by atoms with van der Waals surface area (Å²) in [5, 5.41) is 2.58. The Bertz CT molecular complexity index is 311. The Morgan fingerprint density at radius 1 is 1.06 bits per heavy atom. The van der Waals surface area contributed by atoms with Gasteiger partial charge in [-0.2, -0.15) is 0 Å². The van der Waals surface area contributed by atoms with Gasteiger partial charge in [0.15, 0.2) is 5.78 Å². The van der Waals surface area contributed by atoms with Gasteiger partial charge in [0, 0.05) is 18.3 Å². The first kappa shape index (κ1) is 16.8. The van der Waals surface area contributed by atoms with Crippen molar-refractivity contribution >= 4 is 17.5 Å². The van der Waals surface area contributed by atoms with Gasteiger partial charge in [0.25, 0.3) is 0 Å². The minimum absolute atomic E-state index is 0.0509. The zero-order valence-corrected chi connectivity index (χ0v) is 11.7. The van der Waals surface area contributed by atoms with Crippen LogP contribution in [0.3, 0.4) is 0 Å². The molecule has 0 bridgehead atoms. The van der Waals surface area contributed by atoms with Crippen molar-refractivity contribution in [3.05, 3.63) is 0 Å². The topological polar surface area (TPSA) is 89.3 Å². The van der Waals surface area contributed by atoms with Crippen LogP contribution in [0, 0.1) is 11.8 Å². The summed E-state index contributed by atoms with van der Waals surface area (Å²) >= 11 is 0. The molecular weight excluding hydrogens is 232 g/mol. The van der Waals surface area contributed by atoms with Crippen LogP contribution in [-0.2, 0) is 14.4 Å². The van der Waals surface area contributed by atoms with E-state index >= 15 is 0 Å². The summed E-state index contributed by atoms with van der Waals surface area (Å²) in [6, 6.07) is -0.608. The summed E-state index contributed by atoms with van der Waals surface area (Å²) in [5.74, 6) is -0.565. The number of Topliss-reactive ketones (excluding diaryl/α,β-unsaturated/α-hetero) is 2. The molecule has 0 spiro atoms. The Morgan fingerprint density at radius 2 is 1.61 bits per heavy atom. The summed E-state index contributed by atoms with van der Waals surface area (Å²) in [7, 11) is 0. The Labute approximate surface area is 108 Å². The van der Waals surface area contributed by atoms with Crippen molar-refractivity contribution in [3.8, 4) is 0 Å². The van der Waals surface area contributed by atoms with Gasteiger partial charge in [0.05, 0.1) is 12.6 Å². The first-order valence-corrected chi connectivity index (χ1v) is 6.35. The fraction of sp³-hybridized carbons (Fsp3) is 0.769. The van der Waals surface area contributed by atoms with E-state index in [0.717, 1.165) is 0 Å². The molecule has 0 aliphatic carbocycles. The predicted molar refractivity (Wildman–Crippen MR) is 69.9 cm³/mol. The van der Waals surface area contributed by atoms with Gasteiger partial charge < -0.3 is 11.1 Å². The van der Waals surface area contributed by atoms with Crippen LogP contribution in [0.25, 0.3) is 0 Å². The minimum Gasteiger partial charge on any atom is -0.345 e. The van der Waals surface area contributed by atoms with Crippen LogP contribution in [0.5, 0.6) is 0 Å². The first-order valence-electron chi connectivity index (χ1n) is 6.35. The molecular formula is C13H24N2O3. The van der Waals surface area contributed by atoms with Gasteiger partial charge in [0.2, 0.25) is 5.91 Å². The molecule has 0 aromatic carbocycles. The SMILES string of the molecule is CC(C)C(=O)CC[C@H](NC(=O)CN)C(=O)C(C)C. The zero-order valence-electron chi connectivity index (χ0n) is 11.7. The van der Waals surface area contributed by atoms with Crippen molar-refractivity contribution < 1.29 is 14.4 Å². The molecule has 0 unspecified atom stereocenters. The van der Waals surface area contributed by atoms with Crippen LogP contribution in [0.4, 0.5) is 0 Å². The van der Waals surface area contributed by atoms with E-state index in [2.05, 4.69) is 5.32 Å². The molecule has 0 saturated carbocycles. The third kappa shape index (κ3) is 5.91. The van der Waals surface area contributed by atoms with E-state index in [1.807, 2.05) is 13.8 Å². The number of nitrogens with one attached hydrogen (secondary N) is 1. The summed E-state index contributed by atoms with van der Waals surface area (Å²) < 4.78 is 0. The number of hydrogen-bond donors (Lipinski definition) is 2. The fourth-order valence-corrected chi connectivity index (χ4v) is 1.52. The second-order valence-corrected chi connectivity index (χ2v) is 5.04. The second kappa shape index (κ2) is 7.97. The smallest absolute Gasteiger partial charge is 0.234 e. The molecule has 5 nitrogen and oxygen atoms in total. The molecule has 5 heteroatoms. The van der Waals surface area contributed by atoms with E-state index < -0.39 is 6.04 Å². The molecule has 0 heterocycles. The highest BCUT2D eigenvalue weighted by atomic mass is 16.2. The minimum atomic E-state index is -0.608. The van der Waals surface area contributed by atoms with Gasteiger partial charge in [-0.15, -0.1) is 0 Å². The zero-order chi connectivity index (χ0) is 14.3. The third-order valence-electron chi connectivity index (χ3n) is 2.76. The molecule has 1 amide bonds. The van der Waals surface area contributed by atoms with Gasteiger partial charge in [-0.3, -0.25) is 14.4 Å². The third-order valence-corrected chi connectivity index (χ3v) is 2.76. The maximum absolute atomic E-state index is 11.9. The van der Waals surface area contributed by atoms with Crippen LogP contribution in [0.1, 0.15) is 40.5 Å². The highest BCUT2D eigenvalue weighted by molar-refractivity contribution is 5.91. The molecule has 0 aliphatic rings. The van der Waals surface area contributed by atoms with Gasteiger partial charge in [0.1, 0.15) is 5.78 Å². The predicted octanol–water partition coefficient (Wildman–Crippen LogP) is 0.660. The van der Waals surface area contributed by atoms with Crippen molar-refractivity contribution in [2.45, 2.75) is 46.6 Å². The number of carbonyl (C=O) groups excluding carboxylic acids is 3. The molecule has 0 saturated heterocycles. The fourth-order valence-electron chi connectivity index (χ4n) is 1.52. The lowest BCUT2D eigenvalue weighted by atomic mass is 9.94. The summed E-state index contributed by atoms with van der Waals surface area (Å²) in [5.41, 5.74) is 5.21. The van der Waals surface area contributed by atoms with Gasteiger partial charge >= 0.3 is 0 Å². The normalized spacial score (nSPS) is 12.6. The second-order valence-electron chi connectivity index (χ2n) is 5.04. The molecule has 0 rings (SSSR count). The highest BCUT2D eigenvalue weighted by Gasteiger charge is 2.23. The number of rotatable bonds is 8. The molecule has 18 heavy (non-hydrogen) atoms. The summed E-state index contributed by atoms with van der Waals surface area (Å²) in [6.07, 6.45) is 0.644. The molecule has 0 aromatic heterocycles. The number of carbonyl (C=O) groups is 3. The standard InChI is InChI=1S/C13H24N2O3/c1-8(2)11(16)6-5-10(13(18)9(3)4)15-12(17)7-14/h8-10H,5-7,14H2,1-4H3,(H,15,17)/t10-/m0/s1. The quantitative estimate of drug-likeness (QED) is 0.667. The van der Waals surface area contributed by atoms with E-state index in [4.69, 9.17) is 5.73 Å². The van der Waals surface area contributed by atoms with Crippen LogP contribution in [0.2, 0.25) is 0 Å². The highest BCUT2D eigenvalue weighted by Crippen LogP contribution is 2.09. The Hall–Kier alpha value is -1.23. The van der Waals surface area contributed by atoms with E-state index in [0.29, 0.717) is 12.8 Å². The van der Waals surface area contributed by atoms with Crippen LogP contribution >= 0.6 is 0 Å². The maximum Gasteiger partial charge on any atom is 0.234 e. The molecule has 1 atom stereocenters. The summed E-state index contributed by atoms with van der Waals surface area (Å²) in [6.45, 7) is 7.03. The van der Waals surface area contributed by atoms with Crippen LogP contribution in [0.15, 0.2) is 0 Å². The van der Waals surface area contributed by atoms with Gasteiger partial charge in [-0.05, 0) is 6.42 Å². The number of ketones is 2. The summed E-state index contributed by atoms with van der Waals surface area (Å²) in [4.78, 5) is 34.7. The lowest BCUT2D eigenvalue weighted by molar-refractivity contribution is -0.129. The Morgan fingerprint density at radius 3 is 2.00 bits per heavy atom. The van der Waals surface area contributed by atoms with Gasteiger partial charge in [-0.1, -0.05) is 27.7 Å².